The van der Waals surface area contributed by atoms with E-state index in [9.17, 15) is 13.2 Å². The maximum Gasteiger partial charge on any atom is 0.573 e. The number of alkyl halides is 3. The summed E-state index contributed by atoms with van der Waals surface area (Å²) in [5.74, 6) is -0.291. The van der Waals surface area contributed by atoms with Crippen LogP contribution in [0.15, 0.2) is 47.8 Å². The molecule has 0 spiro atoms. The minimum atomic E-state index is -4.70. The van der Waals surface area contributed by atoms with Crippen LogP contribution in [0, 0.1) is 0 Å². The number of nitrogens with zero attached hydrogens (tertiary/aromatic N) is 2. The highest BCUT2D eigenvalue weighted by molar-refractivity contribution is 5.78. The van der Waals surface area contributed by atoms with Crippen LogP contribution in [-0.2, 0) is 0 Å². The zero-order chi connectivity index (χ0) is 13.9. The predicted molar refractivity (Wildman–Crippen MR) is 61.8 cm³/mol. The average molecular weight is 270 g/mol. The van der Waals surface area contributed by atoms with E-state index in [4.69, 9.17) is 5.21 Å². The van der Waals surface area contributed by atoms with Crippen molar-refractivity contribution < 1.29 is 23.1 Å². The van der Waals surface area contributed by atoms with Gasteiger partial charge in [-0.3, -0.25) is 0 Å². The highest BCUT2D eigenvalue weighted by Crippen LogP contribution is 2.24. The molecule has 2 rings (SSSR count). The molecule has 1 N–H and O–H groups in total. The van der Waals surface area contributed by atoms with Crippen LogP contribution in [0.25, 0.3) is 5.69 Å². The lowest BCUT2D eigenvalue weighted by atomic mass is 10.3. The third kappa shape index (κ3) is 3.27. The Morgan fingerprint density at radius 3 is 2.42 bits per heavy atom. The van der Waals surface area contributed by atoms with Crippen molar-refractivity contribution in [3.05, 3.63) is 48.3 Å². The monoisotopic (exact) mass is 270 g/mol. The van der Waals surface area contributed by atoms with E-state index in [-0.39, 0.29) is 5.75 Å². The first-order valence-electron chi connectivity index (χ1n) is 5.20. The SMILES string of the molecule is O/N=C/c1cccn1-c1ccc(OC(F)(F)F)cc1. The van der Waals surface area contributed by atoms with Crippen molar-refractivity contribution in [2.24, 2.45) is 5.16 Å². The summed E-state index contributed by atoms with van der Waals surface area (Å²) in [4.78, 5) is 0. The summed E-state index contributed by atoms with van der Waals surface area (Å²) >= 11 is 0. The lowest BCUT2D eigenvalue weighted by molar-refractivity contribution is -0.274. The molecule has 1 aromatic carbocycles. The van der Waals surface area contributed by atoms with Gasteiger partial charge in [-0.25, -0.2) is 0 Å². The van der Waals surface area contributed by atoms with Crippen molar-refractivity contribution in [2.75, 3.05) is 0 Å². The lowest BCUT2D eigenvalue weighted by Crippen LogP contribution is -2.17. The maximum absolute atomic E-state index is 12.0. The van der Waals surface area contributed by atoms with Crippen LogP contribution in [0.2, 0.25) is 0 Å². The summed E-state index contributed by atoms with van der Waals surface area (Å²) in [5, 5.41) is 11.4. The molecule has 0 aliphatic carbocycles. The third-order valence-electron chi connectivity index (χ3n) is 2.32. The molecule has 7 heteroatoms. The number of hydrogen-bond acceptors (Lipinski definition) is 3. The number of halogens is 3. The van der Waals surface area contributed by atoms with E-state index in [2.05, 4.69) is 9.89 Å². The summed E-state index contributed by atoms with van der Waals surface area (Å²) in [6.45, 7) is 0. The van der Waals surface area contributed by atoms with Gasteiger partial charge >= 0.3 is 6.36 Å². The van der Waals surface area contributed by atoms with Gasteiger partial charge in [-0.05, 0) is 36.4 Å². The summed E-state index contributed by atoms with van der Waals surface area (Å²) in [5.41, 5.74) is 1.21. The molecule has 0 atom stereocenters. The second kappa shape index (κ2) is 5.05. The molecule has 0 aliphatic heterocycles. The second-order valence-electron chi connectivity index (χ2n) is 3.59. The van der Waals surface area contributed by atoms with Crippen molar-refractivity contribution in [3.8, 4) is 11.4 Å². The molecule has 100 valence electrons. The number of hydrogen-bond donors (Lipinski definition) is 1. The third-order valence-corrected chi connectivity index (χ3v) is 2.32. The Labute approximate surface area is 106 Å². The van der Waals surface area contributed by atoms with E-state index in [1.807, 2.05) is 0 Å². The molecule has 0 bridgehead atoms. The highest BCUT2D eigenvalue weighted by atomic mass is 19.4. The van der Waals surface area contributed by atoms with Crippen LogP contribution in [0.4, 0.5) is 13.2 Å². The number of aromatic nitrogens is 1. The largest absolute Gasteiger partial charge is 0.573 e. The molecule has 4 nitrogen and oxygen atoms in total. The molecular weight excluding hydrogens is 261 g/mol. The zero-order valence-corrected chi connectivity index (χ0v) is 9.50. The predicted octanol–water partition coefficient (Wildman–Crippen LogP) is 3.18. The first-order chi connectivity index (χ1) is 8.99. The van der Waals surface area contributed by atoms with Gasteiger partial charge < -0.3 is 14.5 Å². The van der Waals surface area contributed by atoms with Gasteiger partial charge in [0.05, 0.1) is 11.9 Å². The minimum Gasteiger partial charge on any atom is -0.411 e. The maximum atomic E-state index is 12.0. The second-order valence-corrected chi connectivity index (χ2v) is 3.59. The Kier molecular flexibility index (Phi) is 3.46. The van der Waals surface area contributed by atoms with Crippen molar-refractivity contribution in [1.82, 2.24) is 4.57 Å². The van der Waals surface area contributed by atoms with E-state index in [0.29, 0.717) is 11.4 Å². The normalized spacial score (nSPS) is 11.9. The number of ether oxygens (including phenoxy) is 1. The Balaban J connectivity index is 2.25. The van der Waals surface area contributed by atoms with Gasteiger partial charge in [0, 0.05) is 11.9 Å². The van der Waals surface area contributed by atoms with E-state index in [1.165, 1.54) is 30.5 Å². The number of rotatable bonds is 3. The van der Waals surface area contributed by atoms with Crippen LogP contribution in [0.5, 0.6) is 5.75 Å². The standard InChI is InChI=1S/C12H9F3N2O2/c13-12(14,15)19-11-5-3-9(4-6-11)17-7-1-2-10(17)8-16-18/h1-8,18H/b16-8+. The molecule has 0 radical (unpaired) electrons. The molecule has 2 aromatic rings. The van der Waals surface area contributed by atoms with Gasteiger partial charge in [-0.2, -0.15) is 0 Å². The molecule has 0 fully saturated rings. The van der Waals surface area contributed by atoms with Crippen molar-refractivity contribution >= 4 is 6.21 Å². The van der Waals surface area contributed by atoms with Gasteiger partial charge in [-0.1, -0.05) is 5.16 Å². The Morgan fingerprint density at radius 1 is 1.16 bits per heavy atom. The topological polar surface area (TPSA) is 46.8 Å². The first kappa shape index (κ1) is 13.0. The van der Waals surface area contributed by atoms with Crippen LogP contribution < -0.4 is 4.74 Å². The van der Waals surface area contributed by atoms with Crippen LogP contribution in [-0.4, -0.2) is 22.4 Å². The van der Waals surface area contributed by atoms with E-state index >= 15 is 0 Å². The first-order valence-corrected chi connectivity index (χ1v) is 5.20. The quantitative estimate of drug-likeness (QED) is 0.529. The molecule has 0 saturated heterocycles. The van der Waals surface area contributed by atoms with Gasteiger partial charge in [0.25, 0.3) is 0 Å². The van der Waals surface area contributed by atoms with E-state index in [1.54, 1.807) is 22.9 Å². The molecule has 1 aromatic heterocycles. The van der Waals surface area contributed by atoms with Crippen molar-refractivity contribution in [2.45, 2.75) is 6.36 Å². The van der Waals surface area contributed by atoms with Crippen molar-refractivity contribution in [1.29, 1.82) is 0 Å². The Hall–Kier alpha value is -2.44. The van der Waals surface area contributed by atoms with Crippen molar-refractivity contribution in [3.63, 3.8) is 0 Å². The fourth-order valence-electron chi connectivity index (χ4n) is 1.60. The molecule has 0 saturated carbocycles. The Morgan fingerprint density at radius 2 is 1.84 bits per heavy atom. The summed E-state index contributed by atoms with van der Waals surface area (Å²) in [6.07, 6.45) is -1.79. The number of benzene rings is 1. The van der Waals surface area contributed by atoms with Crippen LogP contribution >= 0.6 is 0 Å². The Bertz CT molecular complexity index is 573. The van der Waals surface area contributed by atoms with Crippen LogP contribution in [0.3, 0.4) is 0 Å². The fourth-order valence-corrected chi connectivity index (χ4v) is 1.60. The van der Waals surface area contributed by atoms with Gasteiger partial charge in [-0.15, -0.1) is 13.2 Å². The molecule has 0 amide bonds. The average Bonchev–Trinajstić information content (AvgIpc) is 2.77. The van der Waals surface area contributed by atoms with Gasteiger partial charge in [0.2, 0.25) is 0 Å². The summed E-state index contributed by atoms with van der Waals surface area (Å²) in [7, 11) is 0. The molecule has 1 heterocycles. The smallest absolute Gasteiger partial charge is 0.411 e. The van der Waals surface area contributed by atoms with E-state index < -0.39 is 6.36 Å². The van der Waals surface area contributed by atoms with Crippen LogP contribution in [0.1, 0.15) is 5.69 Å². The fraction of sp³-hybridized carbons (Fsp3) is 0.0833. The highest BCUT2D eigenvalue weighted by Gasteiger charge is 2.30. The summed E-state index contributed by atoms with van der Waals surface area (Å²) in [6, 6.07) is 8.77. The molecule has 0 unspecified atom stereocenters. The van der Waals surface area contributed by atoms with E-state index in [0.717, 1.165) is 0 Å². The minimum absolute atomic E-state index is 0.291. The molecule has 0 aliphatic rings. The number of oxime groups is 1. The van der Waals surface area contributed by atoms with Gasteiger partial charge in [0.15, 0.2) is 0 Å². The molecule has 19 heavy (non-hydrogen) atoms. The summed E-state index contributed by atoms with van der Waals surface area (Å²) < 4.78 is 41.4. The zero-order valence-electron chi connectivity index (χ0n) is 9.50. The molecular formula is C12H9F3N2O2. The van der Waals surface area contributed by atoms with Gasteiger partial charge in [0.1, 0.15) is 5.75 Å². The lowest BCUT2D eigenvalue weighted by Gasteiger charge is -2.10.